The number of benzene rings is 2. The standard InChI is InChI=1S/C15H11ClO2/c16-13-8-4-5-11(9-13)10-14(15(17)18)12-6-2-1-3-7-12/h1-10H,(H,17,18)/b14-10-. The Morgan fingerprint density at radius 2 is 1.78 bits per heavy atom. The van der Waals surface area contributed by atoms with Gasteiger partial charge in [0.05, 0.1) is 5.57 Å². The van der Waals surface area contributed by atoms with Crippen molar-refractivity contribution >= 4 is 29.2 Å². The van der Waals surface area contributed by atoms with Gasteiger partial charge in [0.2, 0.25) is 0 Å². The van der Waals surface area contributed by atoms with Crippen LogP contribution >= 0.6 is 11.6 Å². The molecule has 0 spiro atoms. The topological polar surface area (TPSA) is 37.3 Å². The van der Waals surface area contributed by atoms with Crippen molar-refractivity contribution in [3.63, 3.8) is 0 Å². The number of hydrogen-bond acceptors (Lipinski definition) is 1. The van der Waals surface area contributed by atoms with Crippen molar-refractivity contribution in [3.8, 4) is 0 Å². The molecular formula is C15H11ClO2. The zero-order valence-corrected chi connectivity index (χ0v) is 10.3. The van der Waals surface area contributed by atoms with Crippen molar-refractivity contribution in [1.29, 1.82) is 0 Å². The lowest BCUT2D eigenvalue weighted by molar-refractivity contribution is -0.130. The number of carboxylic acids is 1. The molecule has 2 aromatic carbocycles. The summed E-state index contributed by atoms with van der Waals surface area (Å²) in [5, 5.41) is 9.84. The van der Waals surface area contributed by atoms with Crippen LogP contribution in [0.1, 0.15) is 11.1 Å². The highest BCUT2D eigenvalue weighted by atomic mass is 35.5. The number of hydrogen-bond donors (Lipinski definition) is 1. The van der Waals surface area contributed by atoms with Crippen LogP contribution in [0.3, 0.4) is 0 Å². The van der Waals surface area contributed by atoms with Crippen LogP contribution in [0.4, 0.5) is 0 Å². The minimum absolute atomic E-state index is 0.248. The van der Waals surface area contributed by atoms with Crippen LogP contribution in [0.2, 0.25) is 5.02 Å². The molecule has 2 nitrogen and oxygen atoms in total. The van der Waals surface area contributed by atoms with Crippen molar-refractivity contribution in [3.05, 3.63) is 70.7 Å². The zero-order chi connectivity index (χ0) is 13.0. The lowest BCUT2D eigenvalue weighted by Crippen LogP contribution is -1.99. The predicted molar refractivity (Wildman–Crippen MR) is 73.4 cm³/mol. The van der Waals surface area contributed by atoms with Crippen LogP contribution < -0.4 is 0 Å². The van der Waals surface area contributed by atoms with E-state index in [0.717, 1.165) is 5.56 Å². The average molecular weight is 259 g/mol. The fourth-order valence-electron chi connectivity index (χ4n) is 1.65. The Morgan fingerprint density at radius 3 is 2.39 bits per heavy atom. The van der Waals surface area contributed by atoms with E-state index in [0.29, 0.717) is 10.6 Å². The second-order valence-electron chi connectivity index (χ2n) is 3.78. The van der Waals surface area contributed by atoms with Gasteiger partial charge in [-0.2, -0.15) is 0 Å². The van der Waals surface area contributed by atoms with E-state index in [2.05, 4.69) is 0 Å². The quantitative estimate of drug-likeness (QED) is 0.668. The third kappa shape index (κ3) is 2.99. The Kier molecular flexibility index (Phi) is 3.80. The molecule has 2 rings (SSSR count). The molecule has 18 heavy (non-hydrogen) atoms. The smallest absolute Gasteiger partial charge is 0.336 e. The number of aliphatic carboxylic acids is 1. The van der Waals surface area contributed by atoms with Gasteiger partial charge in [-0.25, -0.2) is 4.79 Å². The number of carboxylic acid groups (broad SMARTS) is 1. The van der Waals surface area contributed by atoms with Gasteiger partial charge < -0.3 is 5.11 Å². The summed E-state index contributed by atoms with van der Waals surface area (Å²) in [7, 11) is 0. The zero-order valence-electron chi connectivity index (χ0n) is 9.51. The molecule has 0 amide bonds. The Hall–Kier alpha value is -2.06. The van der Waals surface area contributed by atoms with Crippen LogP contribution in [0, 0.1) is 0 Å². The first-order valence-electron chi connectivity index (χ1n) is 5.43. The molecule has 0 atom stereocenters. The summed E-state index contributed by atoms with van der Waals surface area (Å²) in [6.45, 7) is 0. The van der Waals surface area contributed by atoms with E-state index in [1.807, 2.05) is 24.3 Å². The molecule has 0 bridgehead atoms. The maximum atomic E-state index is 11.3. The Labute approximate surface area is 110 Å². The molecule has 3 heteroatoms. The minimum atomic E-state index is -0.957. The third-order valence-electron chi connectivity index (χ3n) is 2.47. The van der Waals surface area contributed by atoms with Gasteiger partial charge in [0.25, 0.3) is 0 Å². The minimum Gasteiger partial charge on any atom is -0.478 e. The molecule has 0 saturated heterocycles. The SMILES string of the molecule is O=C(O)/C(=C\c1cccc(Cl)c1)c1ccccc1. The van der Waals surface area contributed by atoms with Crippen LogP contribution in [-0.2, 0) is 4.79 Å². The predicted octanol–water partition coefficient (Wildman–Crippen LogP) is 3.97. The highest BCUT2D eigenvalue weighted by Crippen LogP contribution is 2.20. The molecule has 0 aromatic heterocycles. The van der Waals surface area contributed by atoms with E-state index in [4.69, 9.17) is 11.6 Å². The van der Waals surface area contributed by atoms with Gasteiger partial charge >= 0.3 is 5.97 Å². The maximum absolute atomic E-state index is 11.3. The van der Waals surface area contributed by atoms with Gasteiger partial charge in [-0.3, -0.25) is 0 Å². The number of halogens is 1. The first kappa shape index (κ1) is 12.4. The fraction of sp³-hybridized carbons (Fsp3) is 0. The molecule has 0 saturated carbocycles. The lowest BCUT2D eigenvalue weighted by Gasteiger charge is -2.03. The van der Waals surface area contributed by atoms with Gasteiger partial charge in [0.1, 0.15) is 0 Å². The third-order valence-corrected chi connectivity index (χ3v) is 2.71. The normalized spacial score (nSPS) is 11.3. The molecule has 0 radical (unpaired) electrons. The van der Waals surface area contributed by atoms with E-state index in [9.17, 15) is 9.90 Å². The molecule has 1 N–H and O–H groups in total. The second-order valence-corrected chi connectivity index (χ2v) is 4.22. The van der Waals surface area contributed by atoms with E-state index in [1.165, 1.54) is 0 Å². The Balaban J connectivity index is 2.46. The van der Waals surface area contributed by atoms with Crippen molar-refractivity contribution in [1.82, 2.24) is 0 Å². The average Bonchev–Trinajstić information content (AvgIpc) is 2.37. The van der Waals surface area contributed by atoms with Gasteiger partial charge in [-0.1, -0.05) is 54.1 Å². The molecule has 0 fully saturated rings. The summed E-state index contributed by atoms with van der Waals surface area (Å²) < 4.78 is 0. The molecule has 0 aliphatic heterocycles. The summed E-state index contributed by atoms with van der Waals surface area (Å²) in [5.74, 6) is -0.957. The molecule has 90 valence electrons. The summed E-state index contributed by atoms with van der Waals surface area (Å²) in [5.41, 5.74) is 1.69. The molecule has 0 unspecified atom stereocenters. The number of rotatable bonds is 3. The molecule has 0 heterocycles. The largest absolute Gasteiger partial charge is 0.478 e. The molecular weight excluding hydrogens is 248 g/mol. The van der Waals surface area contributed by atoms with Crippen molar-refractivity contribution in [2.24, 2.45) is 0 Å². The van der Waals surface area contributed by atoms with E-state index < -0.39 is 5.97 Å². The van der Waals surface area contributed by atoms with Crippen molar-refractivity contribution in [2.75, 3.05) is 0 Å². The van der Waals surface area contributed by atoms with Gasteiger partial charge in [0, 0.05) is 5.02 Å². The van der Waals surface area contributed by atoms with Gasteiger partial charge in [0.15, 0.2) is 0 Å². The monoisotopic (exact) mass is 258 g/mol. The summed E-state index contributed by atoms with van der Waals surface area (Å²) in [6.07, 6.45) is 1.61. The van der Waals surface area contributed by atoms with Crippen LogP contribution in [0.25, 0.3) is 11.6 Å². The highest BCUT2D eigenvalue weighted by molar-refractivity contribution is 6.30. The second kappa shape index (κ2) is 5.52. The Morgan fingerprint density at radius 1 is 1.06 bits per heavy atom. The Bertz CT molecular complexity index is 588. The number of carbonyl (C=O) groups is 1. The lowest BCUT2D eigenvalue weighted by atomic mass is 10.0. The first-order chi connectivity index (χ1) is 8.66. The van der Waals surface area contributed by atoms with E-state index in [1.54, 1.807) is 36.4 Å². The van der Waals surface area contributed by atoms with Crippen molar-refractivity contribution < 1.29 is 9.90 Å². The summed E-state index contributed by atoms with van der Waals surface area (Å²) in [4.78, 5) is 11.3. The van der Waals surface area contributed by atoms with Crippen molar-refractivity contribution in [2.45, 2.75) is 0 Å². The van der Waals surface area contributed by atoms with Crippen LogP contribution in [-0.4, -0.2) is 11.1 Å². The van der Waals surface area contributed by atoms with Gasteiger partial charge in [-0.05, 0) is 29.3 Å². The van der Waals surface area contributed by atoms with Gasteiger partial charge in [-0.15, -0.1) is 0 Å². The summed E-state index contributed by atoms with van der Waals surface area (Å²) >= 11 is 5.88. The van der Waals surface area contributed by atoms with Crippen LogP contribution in [0.15, 0.2) is 54.6 Å². The fourth-order valence-corrected chi connectivity index (χ4v) is 1.85. The van der Waals surface area contributed by atoms with Crippen LogP contribution in [0.5, 0.6) is 0 Å². The maximum Gasteiger partial charge on any atom is 0.336 e. The first-order valence-corrected chi connectivity index (χ1v) is 5.80. The van der Waals surface area contributed by atoms with E-state index in [-0.39, 0.29) is 5.57 Å². The van der Waals surface area contributed by atoms with E-state index >= 15 is 0 Å². The molecule has 2 aromatic rings. The summed E-state index contributed by atoms with van der Waals surface area (Å²) in [6, 6.07) is 16.1. The molecule has 0 aliphatic rings. The highest BCUT2D eigenvalue weighted by Gasteiger charge is 2.09. The molecule has 0 aliphatic carbocycles.